The van der Waals surface area contributed by atoms with E-state index in [1.807, 2.05) is 0 Å². The molecule has 0 fully saturated rings. The number of benzene rings is 1. The Morgan fingerprint density at radius 2 is 2.06 bits per heavy atom. The van der Waals surface area contributed by atoms with Crippen LogP contribution in [0.3, 0.4) is 0 Å². The molecule has 0 saturated heterocycles. The summed E-state index contributed by atoms with van der Waals surface area (Å²) in [6.07, 6.45) is -1.61. The van der Waals surface area contributed by atoms with Gasteiger partial charge in [-0.2, -0.15) is 0 Å². The Kier molecular flexibility index (Phi) is 5.09. The van der Waals surface area contributed by atoms with Crippen LogP contribution in [0, 0.1) is 0 Å². The highest BCUT2D eigenvalue weighted by atomic mass is 16.4. The van der Waals surface area contributed by atoms with Gasteiger partial charge in [-0.05, 0) is 17.5 Å². The van der Waals surface area contributed by atoms with Crippen molar-refractivity contribution in [3.05, 3.63) is 35.4 Å². The van der Waals surface area contributed by atoms with Crippen molar-refractivity contribution >= 4 is 5.97 Å². The maximum atomic E-state index is 10.4. The third-order valence-electron chi connectivity index (χ3n) is 2.53. The fourth-order valence-electron chi connectivity index (χ4n) is 1.53. The van der Waals surface area contributed by atoms with Crippen molar-refractivity contribution in [1.29, 1.82) is 0 Å². The van der Waals surface area contributed by atoms with Crippen molar-refractivity contribution in [2.75, 3.05) is 6.54 Å². The van der Waals surface area contributed by atoms with Crippen LogP contribution >= 0.6 is 0 Å². The lowest BCUT2D eigenvalue weighted by atomic mass is 10.00. The molecule has 0 amide bonds. The van der Waals surface area contributed by atoms with Gasteiger partial charge in [0.05, 0.1) is 6.10 Å². The molecule has 0 aliphatic carbocycles. The lowest BCUT2D eigenvalue weighted by Gasteiger charge is -2.17. The topological polar surface area (TPSA) is 104 Å². The van der Waals surface area contributed by atoms with Crippen LogP contribution in [0.1, 0.15) is 23.7 Å². The van der Waals surface area contributed by atoms with Crippen LogP contribution in [-0.2, 0) is 11.2 Å². The maximum absolute atomic E-state index is 10.4. The maximum Gasteiger partial charge on any atom is 0.303 e. The van der Waals surface area contributed by atoms with E-state index >= 15 is 0 Å². The number of aryl methyl sites for hydroxylation is 1. The highest BCUT2D eigenvalue weighted by Crippen LogP contribution is 2.18. The van der Waals surface area contributed by atoms with Crippen LogP contribution in [0.5, 0.6) is 0 Å². The Balaban J connectivity index is 2.74. The SMILES string of the molecule is NCC(O)C(O)c1cccc(CCC(=O)O)c1. The number of carbonyl (C=O) groups is 1. The van der Waals surface area contributed by atoms with E-state index in [0.717, 1.165) is 5.56 Å². The van der Waals surface area contributed by atoms with Crippen molar-refractivity contribution in [3.8, 4) is 0 Å². The molecule has 0 heterocycles. The predicted octanol–water partition coefficient (Wildman–Crippen LogP) is 0.0568. The average molecular weight is 239 g/mol. The van der Waals surface area contributed by atoms with E-state index in [4.69, 9.17) is 10.8 Å². The van der Waals surface area contributed by atoms with E-state index in [2.05, 4.69) is 0 Å². The standard InChI is InChI=1S/C12H17NO4/c13-7-10(14)12(17)9-3-1-2-8(6-9)4-5-11(15)16/h1-3,6,10,12,14,17H,4-5,7,13H2,(H,15,16). The van der Waals surface area contributed by atoms with Crippen molar-refractivity contribution in [3.63, 3.8) is 0 Å². The van der Waals surface area contributed by atoms with E-state index in [0.29, 0.717) is 12.0 Å². The second-order valence-electron chi connectivity index (χ2n) is 3.89. The third kappa shape index (κ3) is 4.14. The molecule has 0 spiro atoms. The van der Waals surface area contributed by atoms with Gasteiger partial charge in [0.2, 0.25) is 0 Å². The van der Waals surface area contributed by atoms with Crippen molar-refractivity contribution in [2.24, 2.45) is 5.73 Å². The normalized spacial score (nSPS) is 14.3. The number of hydrogen-bond donors (Lipinski definition) is 4. The molecule has 5 heteroatoms. The molecule has 94 valence electrons. The Morgan fingerprint density at radius 3 is 2.65 bits per heavy atom. The van der Waals surface area contributed by atoms with Crippen molar-refractivity contribution in [2.45, 2.75) is 25.0 Å². The summed E-state index contributed by atoms with van der Waals surface area (Å²) in [5.74, 6) is -0.863. The van der Waals surface area contributed by atoms with E-state index < -0.39 is 18.2 Å². The first-order valence-corrected chi connectivity index (χ1v) is 5.41. The third-order valence-corrected chi connectivity index (χ3v) is 2.53. The van der Waals surface area contributed by atoms with Crippen LogP contribution in [0.2, 0.25) is 0 Å². The van der Waals surface area contributed by atoms with Gasteiger partial charge in [-0.15, -0.1) is 0 Å². The van der Waals surface area contributed by atoms with Gasteiger partial charge in [0.15, 0.2) is 0 Å². The van der Waals surface area contributed by atoms with Crippen LogP contribution in [-0.4, -0.2) is 33.9 Å². The monoisotopic (exact) mass is 239 g/mol. The zero-order valence-corrected chi connectivity index (χ0v) is 9.41. The summed E-state index contributed by atoms with van der Waals surface area (Å²) < 4.78 is 0. The number of hydrogen-bond acceptors (Lipinski definition) is 4. The van der Waals surface area contributed by atoms with Gasteiger partial charge in [-0.25, -0.2) is 0 Å². The zero-order valence-electron chi connectivity index (χ0n) is 9.41. The zero-order chi connectivity index (χ0) is 12.8. The Bertz CT molecular complexity index is 381. The number of carboxylic acid groups (broad SMARTS) is 1. The molecule has 1 aromatic carbocycles. The summed E-state index contributed by atoms with van der Waals surface area (Å²) in [6, 6.07) is 6.87. The number of aliphatic carboxylic acids is 1. The minimum atomic E-state index is -1.04. The first-order chi connectivity index (χ1) is 8.04. The molecule has 0 saturated carbocycles. The molecule has 1 rings (SSSR count). The fourth-order valence-corrected chi connectivity index (χ4v) is 1.53. The second-order valence-corrected chi connectivity index (χ2v) is 3.89. The van der Waals surface area contributed by atoms with E-state index in [9.17, 15) is 15.0 Å². The fraction of sp³-hybridized carbons (Fsp3) is 0.417. The number of aliphatic hydroxyl groups excluding tert-OH is 2. The highest BCUT2D eigenvalue weighted by Gasteiger charge is 2.16. The highest BCUT2D eigenvalue weighted by molar-refractivity contribution is 5.67. The molecule has 1 aromatic rings. The van der Waals surface area contributed by atoms with Crippen LogP contribution in [0.15, 0.2) is 24.3 Å². The molecule has 5 N–H and O–H groups in total. The summed E-state index contributed by atoms with van der Waals surface area (Å²) in [5.41, 5.74) is 6.62. The van der Waals surface area contributed by atoms with Gasteiger partial charge in [-0.3, -0.25) is 4.79 Å². The van der Waals surface area contributed by atoms with Crippen LogP contribution < -0.4 is 5.73 Å². The van der Waals surface area contributed by atoms with Crippen molar-refractivity contribution in [1.82, 2.24) is 0 Å². The summed E-state index contributed by atoms with van der Waals surface area (Å²) >= 11 is 0. The van der Waals surface area contributed by atoms with E-state index in [1.54, 1.807) is 24.3 Å². The molecule has 0 aliphatic heterocycles. The van der Waals surface area contributed by atoms with Gasteiger partial charge < -0.3 is 21.1 Å². The Hall–Kier alpha value is -1.43. The smallest absolute Gasteiger partial charge is 0.303 e. The van der Waals surface area contributed by atoms with Gasteiger partial charge in [-0.1, -0.05) is 24.3 Å². The number of carboxylic acids is 1. The molecule has 0 aromatic heterocycles. The van der Waals surface area contributed by atoms with Crippen molar-refractivity contribution < 1.29 is 20.1 Å². The first kappa shape index (κ1) is 13.6. The molecule has 2 atom stereocenters. The predicted molar refractivity (Wildman–Crippen MR) is 62.4 cm³/mol. The molecule has 17 heavy (non-hydrogen) atoms. The summed E-state index contributed by atoms with van der Waals surface area (Å²) in [6.45, 7) is -0.0273. The largest absolute Gasteiger partial charge is 0.481 e. The molecular weight excluding hydrogens is 222 g/mol. The minimum Gasteiger partial charge on any atom is -0.481 e. The molecule has 5 nitrogen and oxygen atoms in total. The summed E-state index contributed by atoms with van der Waals surface area (Å²) in [7, 11) is 0. The minimum absolute atomic E-state index is 0.0273. The van der Waals surface area contributed by atoms with Gasteiger partial charge >= 0.3 is 5.97 Å². The number of rotatable bonds is 6. The summed E-state index contributed by atoms with van der Waals surface area (Å²) in [5, 5.41) is 27.7. The summed E-state index contributed by atoms with van der Waals surface area (Å²) in [4.78, 5) is 10.4. The number of nitrogens with two attached hydrogens (primary N) is 1. The molecule has 0 bridgehead atoms. The van der Waals surface area contributed by atoms with E-state index in [1.165, 1.54) is 0 Å². The molecular formula is C12H17NO4. The quantitative estimate of drug-likeness (QED) is 0.562. The molecule has 2 unspecified atom stereocenters. The van der Waals surface area contributed by atoms with Crippen LogP contribution in [0.25, 0.3) is 0 Å². The number of aliphatic hydroxyl groups is 2. The first-order valence-electron chi connectivity index (χ1n) is 5.41. The lowest BCUT2D eigenvalue weighted by molar-refractivity contribution is -0.136. The average Bonchev–Trinajstić information content (AvgIpc) is 2.34. The molecule has 0 radical (unpaired) electrons. The van der Waals surface area contributed by atoms with Gasteiger partial charge in [0.25, 0.3) is 0 Å². The van der Waals surface area contributed by atoms with E-state index in [-0.39, 0.29) is 13.0 Å². The lowest BCUT2D eigenvalue weighted by Crippen LogP contribution is -2.27. The second kappa shape index (κ2) is 6.34. The van der Waals surface area contributed by atoms with Crippen LogP contribution in [0.4, 0.5) is 0 Å². The Morgan fingerprint density at radius 1 is 1.35 bits per heavy atom. The van der Waals surface area contributed by atoms with Gasteiger partial charge in [0, 0.05) is 13.0 Å². The Labute approximate surface area is 99.5 Å². The molecule has 0 aliphatic rings. The van der Waals surface area contributed by atoms with Gasteiger partial charge in [0.1, 0.15) is 6.10 Å².